The molecule has 0 aromatic carbocycles. The fourth-order valence-corrected chi connectivity index (χ4v) is 2.78. The van der Waals surface area contributed by atoms with Gasteiger partial charge >= 0.3 is 0 Å². The number of rotatable bonds is 3. The van der Waals surface area contributed by atoms with Gasteiger partial charge in [-0.15, -0.1) is 10.2 Å². The first kappa shape index (κ1) is 13.6. The topological polar surface area (TPSA) is 75.0 Å². The Bertz CT molecular complexity index is 732. The van der Waals surface area contributed by atoms with E-state index < -0.39 is 0 Å². The molecule has 2 aromatic heterocycles. The minimum absolute atomic E-state index is 0.139. The summed E-state index contributed by atoms with van der Waals surface area (Å²) >= 11 is 2.58. The molecule has 2 rings (SSSR count). The molecule has 8 heteroatoms. The van der Waals surface area contributed by atoms with E-state index in [1.54, 1.807) is 22.4 Å². The molecule has 2 N–H and O–H groups in total. The van der Waals surface area contributed by atoms with Gasteiger partial charge in [-0.2, -0.15) is 0 Å². The van der Waals surface area contributed by atoms with Gasteiger partial charge in [-0.25, -0.2) is 0 Å². The molecule has 0 aliphatic heterocycles. The molecule has 0 unspecified atom stereocenters. The molecular formula is C11H14N4O2S2. The molecule has 0 fully saturated rings. The number of hydrogen-bond donors (Lipinski definition) is 2. The van der Waals surface area contributed by atoms with Gasteiger partial charge in [0, 0.05) is 13.6 Å². The number of aromatic hydroxyl groups is 2. The van der Waals surface area contributed by atoms with Gasteiger partial charge in [-0.3, -0.25) is 9.13 Å². The highest BCUT2D eigenvalue weighted by Gasteiger charge is 2.03. The molecule has 0 atom stereocenters. The van der Waals surface area contributed by atoms with E-state index in [4.69, 9.17) is 0 Å². The van der Waals surface area contributed by atoms with Crippen molar-refractivity contribution in [2.24, 2.45) is 17.3 Å². The standard InChI is InChI=1S/C11H14N4O2S2/c1-7(2)4-15-9(17)6-19-11(15)13-12-10-14(3)8(16)5-18-10/h5-6,16-17H,1,4H2,2-3H3/b12-10-,13-11?. The van der Waals surface area contributed by atoms with Crippen LogP contribution in [0.5, 0.6) is 11.8 Å². The Labute approximate surface area is 117 Å². The molecule has 0 bridgehead atoms. The normalized spacial score (nSPS) is 13.2. The van der Waals surface area contributed by atoms with Crippen molar-refractivity contribution in [2.45, 2.75) is 13.5 Å². The molecule has 2 heterocycles. The van der Waals surface area contributed by atoms with E-state index in [0.29, 0.717) is 16.1 Å². The van der Waals surface area contributed by atoms with Gasteiger partial charge in [0.1, 0.15) is 0 Å². The van der Waals surface area contributed by atoms with Crippen molar-refractivity contribution < 1.29 is 10.2 Å². The van der Waals surface area contributed by atoms with E-state index in [1.807, 2.05) is 6.92 Å². The van der Waals surface area contributed by atoms with Gasteiger partial charge in [0.25, 0.3) is 0 Å². The predicted molar refractivity (Wildman–Crippen MR) is 74.9 cm³/mol. The first-order valence-corrected chi connectivity index (χ1v) is 7.18. The third-order valence-corrected chi connectivity index (χ3v) is 4.06. The van der Waals surface area contributed by atoms with E-state index in [9.17, 15) is 10.2 Å². The van der Waals surface area contributed by atoms with Gasteiger partial charge in [0.05, 0.1) is 10.8 Å². The molecule has 0 amide bonds. The van der Waals surface area contributed by atoms with Gasteiger partial charge < -0.3 is 10.2 Å². The minimum atomic E-state index is 0.139. The van der Waals surface area contributed by atoms with E-state index >= 15 is 0 Å². The average Bonchev–Trinajstić information content (AvgIpc) is 2.84. The molecule has 19 heavy (non-hydrogen) atoms. The molecule has 102 valence electrons. The fraction of sp³-hybridized carbons (Fsp3) is 0.273. The van der Waals surface area contributed by atoms with Crippen LogP contribution in [0, 0.1) is 0 Å². The Morgan fingerprint density at radius 1 is 1.21 bits per heavy atom. The predicted octanol–water partition coefficient (Wildman–Crippen LogP) is 1.35. The molecule has 0 saturated heterocycles. The highest BCUT2D eigenvalue weighted by molar-refractivity contribution is 7.07. The zero-order chi connectivity index (χ0) is 14.0. The largest absolute Gasteiger partial charge is 0.494 e. The summed E-state index contributed by atoms with van der Waals surface area (Å²) in [7, 11) is 1.70. The van der Waals surface area contributed by atoms with Crippen LogP contribution in [0.15, 0.2) is 33.1 Å². The molecule has 0 aliphatic rings. The molecular weight excluding hydrogens is 284 g/mol. The summed E-state index contributed by atoms with van der Waals surface area (Å²) in [5, 5.41) is 30.5. The number of hydrogen-bond acceptors (Lipinski definition) is 6. The highest BCUT2D eigenvalue weighted by Crippen LogP contribution is 2.11. The number of thiazole rings is 2. The lowest BCUT2D eigenvalue weighted by Gasteiger charge is -2.02. The van der Waals surface area contributed by atoms with Crippen molar-refractivity contribution in [3.8, 4) is 11.8 Å². The van der Waals surface area contributed by atoms with Gasteiger partial charge in [-0.05, 0) is 6.92 Å². The van der Waals surface area contributed by atoms with Crippen molar-refractivity contribution in [1.82, 2.24) is 9.13 Å². The molecule has 0 spiro atoms. The Morgan fingerprint density at radius 3 is 2.37 bits per heavy atom. The molecule has 6 nitrogen and oxygen atoms in total. The quantitative estimate of drug-likeness (QED) is 0.663. The van der Waals surface area contributed by atoms with Crippen LogP contribution in [-0.2, 0) is 13.6 Å². The Hall–Kier alpha value is -1.80. The molecule has 0 saturated carbocycles. The first-order chi connectivity index (χ1) is 8.99. The molecule has 0 radical (unpaired) electrons. The molecule has 0 aliphatic carbocycles. The Balaban J connectivity index is 2.48. The third kappa shape index (κ3) is 2.96. The summed E-state index contributed by atoms with van der Waals surface area (Å²) in [6.45, 7) is 6.18. The smallest absolute Gasteiger partial charge is 0.213 e. The van der Waals surface area contributed by atoms with Gasteiger partial charge in [-0.1, -0.05) is 34.8 Å². The van der Waals surface area contributed by atoms with Crippen LogP contribution in [0.3, 0.4) is 0 Å². The second kappa shape index (κ2) is 5.45. The lowest BCUT2D eigenvalue weighted by Crippen LogP contribution is -2.16. The summed E-state index contributed by atoms with van der Waals surface area (Å²) in [4.78, 5) is 1.15. The lowest BCUT2D eigenvalue weighted by molar-refractivity contribution is 0.418. The van der Waals surface area contributed by atoms with Gasteiger partial charge in [0.15, 0.2) is 0 Å². The minimum Gasteiger partial charge on any atom is -0.494 e. The fourth-order valence-electron chi connectivity index (χ4n) is 1.36. The summed E-state index contributed by atoms with van der Waals surface area (Å²) < 4.78 is 3.16. The van der Waals surface area contributed by atoms with Crippen LogP contribution in [0.1, 0.15) is 6.92 Å². The maximum atomic E-state index is 9.72. The summed E-state index contributed by atoms with van der Waals surface area (Å²) in [5.41, 5.74) is 0.912. The van der Waals surface area contributed by atoms with Crippen molar-refractivity contribution in [3.05, 3.63) is 32.5 Å². The Kier molecular flexibility index (Phi) is 3.91. The Morgan fingerprint density at radius 2 is 1.79 bits per heavy atom. The van der Waals surface area contributed by atoms with Crippen LogP contribution in [0.2, 0.25) is 0 Å². The van der Waals surface area contributed by atoms with Crippen LogP contribution in [0.4, 0.5) is 0 Å². The van der Waals surface area contributed by atoms with Crippen molar-refractivity contribution in [1.29, 1.82) is 0 Å². The second-order valence-electron chi connectivity index (χ2n) is 4.06. The number of allylic oxidation sites excluding steroid dienone is 1. The number of nitrogens with zero attached hydrogens (tertiary/aromatic N) is 4. The van der Waals surface area contributed by atoms with E-state index in [1.165, 1.54) is 27.2 Å². The highest BCUT2D eigenvalue weighted by atomic mass is 32.1. The second-order valence-corrected chi connectivity index (χ2v) is 5.73. The van der Waals surface area contributed by atoms with Crippen LogP contribution >= 0.6 is 22.7 Å². The van der Waals surface area contributed by atoms with Crippen LogP contribution < -0.4 is 9.60 Å². The van der Waals surface area contributed by atoms with E-state index in [2.05, 4.69) is 16.8 Å². The third-order valence-electron chi connectivity index (χ3n) is 2.33. The zero-order valence-corrected chi connectivity index (χ0v) is 12.2. The maximum absolute atomic E-state index is 9.72. The van der Waals surface area contributed by atoms with Crippen molar-refractivity contribution in [2.75, 3.05) is 0 Å². The lowest BCUT2D eigenvalue weighted by atomic mass is 10.3. The monoisotopic (exact) mass is 298 g/mol. The summed E-state index contributed by atoms with van der Waals surface area (Å²) in [6.07, 6.45) is 0. The van der Waals surface area contributed by atoms with Crippen molar-refractivity contribution >= 4 is 22.7 Å². The maximum Gasteiger partial charge on any atom is 0.213 e. The zero-order valence-electron chi connectivity index (χ0n) is 10.6. The van der Waals surface area contributed by atoms with Crippen molar-refractivity contribution in [3.63, 3.8) is 0 Å². The average molecular weight is 298 g/mol. The SMILES string of the molecule is C=C(C)Cn1c(O)csc1=N/N=c1\scc(O)n1C. The van der Waals surface area contributed by atoms with Crippen LogP contribution in [0.25, 0.3) is 0 Å². The van der Waals surface area contributed by atoms with E-state index in [-0.39, 0.29) is 11.8 Å². The van der Waals surface area contributed by atoms with Crippen LogP contribution in [-0.4, -0.2) is 19.3 Å². The molecule has 2 aromatic rings. The summed E-state index contributed by atoms with van der Waals surface area (Å²) in [5.74, 6) is 0.281. The van der Waals surface area contributed by atoms with E-state index in [0.717, 1.165) is 5.57 Å². The first-order valence-electron chi connectivity index (χ1n) is 5.42. The number of aromatic nitrogens is 2. The summed E-state index contributed by atoms with van der Waals surface area (Å²) in [6, 6.07) is 0. The van der Waals surface area contributed by atoms with Gasteiger partial charge in [0.2, 0.25) is 21.4 Å².